The van der Waals surface area contributed by atoms with Gasteiger partial charge in [0.15, 0.2) is 0 Å². The van der Waals surface area contributed by atoms with Crippen molar-refractivity contribution in [2.75, 3.05) is 33.3 Å². The maximum atomic E-state index is 12.7. The molecule has 1 fully saturated rings. The van der Waals surface area contributed by atoms with Crippen LogP contribution >= 0.6 is 10.5 Å². The third-order valence-electron chi connectivity index (χ3n) is 5.53. The number of carbonyl (C=O) groups excluding carboxylic acids is 1. The number of methoxy groups -OCH3 is 1. The van der Waals surface area contributed by atoms with Crippen molar-refractivity contribution in [1.82, 2.24) is 9.80 Å². The minimum Gasteiger partial charge on any atom is -0.497 e. The normalized spacial score (nSPS) is 21.3. The average Bonchev–Trinajstić information content (AvgIpc) is 3.26. The van der Waals surface area contributed by atoms with Crippen LogP contribution in [0.15, 0.2) is 35.7 Å². The van der Waals surface area contributed by atoms with E-state index < -0.39 is 0 Å². The van der Waals surface area contributed by atoms with Crippen molar-refractivity contribution >= 4 is 16.4 Å². The number of piperazine rings is 1. The number of aryl methyl sites for hydroxylation is 2. The highest BCUT2D eigenvalue weighted by molar-refractivity contribution is 7.29. The number of nitrogens with zero attached hydrogens (tertiary/aromatic N) is 2. The fraction of sp³-hybridized carbons (Fsp3) is 0.450. The molecular weight excluding hydrogens is 332 g/mol. The maximum Gasteiger partial charge on any atom is 0.306 e. The number of hydrogen-bond acceptors (Lipinski definition) is 3. The maximum absolute atomic E-state index is 12.7. The van der Waals surface area contributed by atoms with E-state index in [2.05, 4.69) is 34.7 Å². The Labute approximate surface area is 152 Å². The Morgan fingerprint density at radius 1 is 1.20 bits per heavy atom. The van der Waals surface area contributed by atoms with Gasteiger partial charge in [-0.3, -0.25) is 9.69 Å². The third-order valence-corrected chi connectivity index (χ3v) is 7.10. The fourth-order valence-corrected chi connectivity index (χ4v) is 5.25. The van der Waals surface area contributed by atoms with Gasteiger partial charge in [0.25, 0.3) is 0 Å². The number of rotatable bonds is 3. The molecule has 1 aromatic carbocycles. The van der Waals surface area contributed by atoms with E-state index in [0.29, 0.717) is 6.04 Å². The number of hydrogen-bond donors (Lipinski definition) is 0. The summed E-state index contributed by atoms with van der Waals surface area (Å²) in [6.07, 6.45) is 4.43. The van der Waals surface area contributed by atoms with Gasteiger partial charge in [0.1, 0.15) is 17.4 Å². The molecule has 2 aliphatic rings. The van der Waals surface area contributed by atoms with Gasteiger partial charge in [-0.25, -0.2) is 0 Å². The first kappa shape index (κ1) is 16.6. The zero-order valence-electron chi connectivity index (χ0n) is 14.9. The molecule has 0 N–H and O–H groups in total. The minimum absolute atomic E-state index is 0.0248. The van der Waals surface area contributed by atoms with Crippen LogP contribution in [0.4, 0.5) is 0 Å². The van der Waals surface area contributed by atoms with Crippen molar-refractivity contribution in [3.05, 3.63) is 51.7 Å². The van der Waals surface area contributed by atoms with Gasteiger partial charge in [0.05, 0.1) is 7.11 Å². The van der Waals surface area contributed by atoms with E-state index in [-0.39, 0.29) is 16.4 Å². The quantitative estimate of drug-likeness (QED) is 0.789. The minimum atomic E-state index is -0.0248. The lowest BCUT2D eigenvalue weighted by atomic mass is 10.1. The van der Waals surface area contributed by atoms with Crippen LogP contribution in [0.2, 0.25) is 0 Å². The zero-order valence-corrected chi connectivity index (χ0v) is 15.7. The molecule has 1 saturated heterocycles. The van der Waals surface area contributed by atoms with Crippen molar-refractivity contribution in [2.24, 2.45) is 6.26 Å². The predicted octanol–water partition coefficient (Wildman–Crippen LogP) is 3.43. The Kier molecular flexibility index (Phi) is 4.52. The van der Waals surface area contributed by atoms with Crippen LogP contribution < -0.4 is 4.74 Å². The second kappa shape index (κ2) is 6.81. The SMILES string of the molecule is COc1ccc2c(c1)C(N1CCN(C(=O)c3ccc[s+]3C)CC1)CC2. The molecule has 1 aliphatic heterocycles. The van der Waals surface area contributed by atoms with Crippen LogP contribution in [-0.2, 0) is 12.7 Å². The van der Waals surface area contributed by atoms with E-state index in [1.807, 2.05) is 17.0 Å². The highest BCUT2D eigenvalue weighted by Crippen LogP contribution is 2.38. The molecule has 2 aromatic rings. The number of amides is 1. The van der Waals surface area contributed by atoms with Crippen molar-refractivity contribution in [1.29, 1.82) is 0 Å². The molecule has 25 heavy (non-hydrogen) atoms. The Morgan fingerprint density at radius 3 is 2.68 bits per heavy atom. The summed E-state index contributed by atoms with van der Waals surface area (Å²) < 4.78 is 5.41. The number of fused-ring (bicyclic) bond motifs is 1. The summed E-state index contributed by atoms with van der Waals surface area (Å²) in [6, 6.07) is 10.9. The fourth-order valence-electron chi connectivity index (χ4n) is 4.09. The highest BCUT2D eigenvalue weighted by atomic mass is 32.2. The van der Waals surface area contributed by atoms with Crippen molar-refractivity contribution in [3.63, 3.8) is 0 Å². The van der Waals surface area contributed by atoms with E-state index in [1.54, 1.807) is 7.11 Å². The molecule has 2 unspecified atom stereocenters. The van der Waals surface area contributed by atoms with E-state index in [4.69, 9.17) is 4.74 Å². The molecule has 0 saturated carbocycles. The molecule has 2 atom stereocenters. The van der Waals surface area contributed by atoms with Crippen LogP contribution in [-0.4, -0.2) is 49.0 Å². The van der Waals surface area contributed by atoms with Gasteiger partial charge in [-0.1, -0.05) is 6.07 Å². The van der Waals surface area contributed by atoms with Crippen LogP contribution in [0.1, 0.15) is 33.3 Å². The van der Waals surface area contributed by atoms with Crippen LogP contribution in [0.25, 0.3) is 0 Å². The van der Waals surface area contributed by atoms with Crippen LogP contribution in [0, 0.1) is 0 Å². The topological polar surface area (TPSA) is 32.8 Å². The molecular formula is C20H25N2O2S+. The summed E-state index contributed by atoms with van der Waals surface area (Å²) in [5.41, 5.74) is 2.86. The van der Waals surface area contributed by atoms with Gasteiger partial charge in [0, 0.05) is 38.3 Å². The number of thiophene rings is 1. The summed E-state index contributed by atoms with van der Waals surface area (Å²) in [5.74, 6) is 1.17. The number of benzene rings is 1. The third kappa shape index (κ3) is 3.07. The number of ether oxygens (including phenoxy) is 1. The summed E-state index contributed by atoms with van der Waals surface area (Å²) in [4.78, 5) is 18.2. The molecule has 0 spiro atoms. The van der Waals surface area contributed by atoms with Gasteiger partial charge in [-0.2, -0.15) is 0 Å². The Bertz CT molecular complexity index is 778. The first-order valence-electron chi connectivity index (χ1n) is 8.91. The summed E-state index contributed by atoms with van der Waals surface area (Å²) in [7, 11) is 1.70. The lowest BCUT2D eigenvalue weighted by Crippen LogP contribution is -2.49. The molecule has 1 aliphatic carbocycles. The first-order valence-corrected chi connectivity index (χ1v) is 10.6. The van der Waals surface area contributed by atoms with E-state index in [9.17, 15) is 4.79 Å². The van der Waals surface area contributed by atoms with Gasteiger partial charge in [-0.05, 0) is 52.6 Å². The first-order chi connectivity index (χ1) is 12.2. The average molecular weight is 357 g/mol. The summed E-state index contributed by atoms with van der Waals surface area (Å²) in [6.45, 7) is 3.54. The molecule has 4 nitrogen and oxygen atoms in total. The molecule has 4 rings (SSSR count). The van der Waals surface area contributed by atoms with Gasteiger partial charge in [0.2, 0.25) is 4.88 Å². The monoisotopic (exact) mass is 357 g/mol. The van der Waals surface area contributed by atoms with E-state index in [1.165, 1.54) is 17.5 Å². The molecule has 1 aromatic heterocycles. The number of carbonyl (C=O) groups is 1. The van der Waals surface area contributed by atoms with Crippen LogP contribution in [0.3, 0.4) is 0 Å². The summed E-state index contributed by atoms with van der Waals surface area (Å²) in [5, 5.41) is 2.12. The van der Waals surface area contributed by atoms with Gasteiger partial charge >= 0.3 is 5.91 Å². The smallest absolute Gasteiger partial charge is 0.306 e. The molecule has 132 valence electrons. The predicted molar refractivity (Wildman–Crippen MR) is 101 cm³/mol. The zero-order chi connectivity index (χ0) is 17.4. The molecule has 5 heteroatoms. The van der Waals surface area contributed by atoms with Crippen molar-refractivity contribution in [2.45, 2.75) is 18.9 Å². The molecule has 0 radical (unpaired) electrons. The largest absolute Gasteiger partial charge is 0.497 e. The molecule has 2 heterocycles. The lowest BCUT2D eigenvalue weighted by Gasteiger charge is -2.38. The Balaban J connectivity index is 1.44. The Morgan fingerprint density at radius 2 is 2.00 bits per heavy atom. The van der Waals surface area contributed by atoms with E-state index >= 15 is 0 Å². The van der Waals surface area contributed by atoms with Crippen LogP contribution in [0.5, 0.6) is 5.75 Å². The molecule has 0 bridgehead atoms. The van der Waals surface area contributed by atoms with Gasteiger partial charge < -0.3 is 9.64 Å². The molecule has 1 amide bonds. The second-order valence-electron chi connectivity index (χ2n) is 6.86. The van der Waals surface area contributed by atoms with Crippen molar-refractivity contribution in [3.8, 4) is 5.75 Å². The Hall–Kier alpha value is -1.85. The van der Waals surface area contributed by atoms with E-state index in [0.717, 1.165) is 43.2 Å². The highest BCUT2D eigenvalue weighted by Gasteiger charge is 2.33. The summed E-state index contributed by atoms with van der Waals surface area (Å²) >= 11 is 0. The standard InChI is InChI=1S/C20H25N2O2S/c1-24-16-7-5-15-6-8-18(17(15)14-16)21-9-11-22(12-10-21)20(23)19-4-3-13-25(19)2/h3-5,7,13-14,18H,6,8-12H2,1-2H3/q+1. The lowest BCUT2D eigenvalue weighted by molar-refractivity contribution is 0.0572. The van der Waals surface area contributed by atoms with Crippen molar-refractivity contribution < 1.29 is 9.53 Å². The second-order valence-corrected chi connectivity index (χ2v) is 8.69. The van der Waals surface area contributed by atoms with Gasteiger partial charge in [-0.15, -0.1) is 0 Å².